The summed E-state index contributed by atoms with van der Waals surface area (Å²) < 4.78 is 6.89. The number of aromatic nitrogens is 2. The third-order valence-corrected chi connectivity index (χ3v) is 3.92. The van der Waals surface area contributed by atoms with Crippen LogP contribution in [0.4, 0.5) is 0 Å². The highest BCUT2D eigenvalue weighted by molar-refractivity contribution is 5.89. The first-order valence-corrected chi connectivity index (χ1v) is 6.98. The van der Waals surface area contributed by atoms with Crippen LogP contribution >= 0.6 is 0 Å². The summed E-state index contributed by atoms with van der Waals surface area (Å²) in [6, 6.07) is 0. The number of nitrogens with zero attached hydrogens (tertiary/aromatic N) is 2. The summed E-state index contributed by atoms with van der Waals surface area (Å²) in [6.45, 7) is 5.48. The molecule has 0 radical (unpaired) electrons. The van der Waals surface area contributed by atoms with Gasteiger partial charge in [0.25, 0.3) is 0 Å². The summed E-state index contributed by atoms with van der Waals surface area (Å²) in [5.41, 5.74) is 2.84. The van der Waals surface area contributed by atoms with Crippen molar-refractivity contribution < 1.29 is 19.4 Å². The number of hydrogen-bond donors (Lipinski definition) is 2. The van der Waals surface area contributed by atoms with E-state index in [1.54, 1.807) is 7.11 Å². The molecule has 2 rings (SSSR count). The summed E-state index contributed by atoms with van der Waals surface area (Å²) >= 11 is 0. The maximum absolute atomic E-state index is 11.9. The van der Waals surface area contributed by atoms with Crippen LogP contribution in [0.25, 0.3) is 0 Å². The monoisotopic (exact) mass is 295 g/mol. The molecule has 116 valence electrons. The number of rotatable bonds is 7. The molecular formula is C14H21N3O4. The molecule has 0 spiro atoms. The van der Waals surface area contributed by atoms with E-state index >= 15 is 0 Å². The van der Waals surface area contributed by atoms with Crippen molar-refractivity contribution in [2.75, 3.05) is 13.7 Å². The standard InChI is InChI=1S/C14H21N3O4/c1-8-12(9(2)17(16-8)4-5-21-3)7-15-13(18)10-6-11(10)14(19)20/h10-11H,4-7H2,1-3H3,(H,15,18)(H,19,20). The largest absolute Gasteiger partial charge is 0.481 e. The zero-order valence-electron chi connectivity index (χ0n) is 12.5. The van der Waals surface area contributed by atoms with Gasteiger partial charge in [0.15, 0.2) is 0 Å². The fraction of sp³-hybridized carbons (Fsp3) is 0.643. The molecule has 21 heavy (non-hydrogen) atoms. The molecule has 2 N–H and O–H groups in total. The lowest BCUT2D eigenvalue weighted by atomic mass is 10.2. The Kier molecular flexibility index (Phi) is 4.62. The van der Waals surface area contributed by atoms with Gasteiger partial charge in [-0.05, 0) is 20.3 Å². The summed E-state index contributed by atoms with van der Waals surface area (Å²) in [5.74, 6) is -1.98. The average Bonchev–Trinajstić information content (AvgIpc) is 3.19. The molecule has 0 aromatic carbocycles. The van der Waals surface area contributed by atoms with Crippen LogP contribution in [0.2, 0.25) is 0 Å². The Morgan fingerprint density at radius 1 is 1.43 bits per heavy atom. The molecule has 0 aliphatic heterocycles. The molecule has 2 atom stereocenters. The van der Waals surface area contributed by atoms with Crippen molar-refractivity contribution >= 4 is 11.9 Å². The number of hydrogen-bond acceptors (Lipinski definition) is 4. The van der Waals surface area contributed by atoms with Gasteiger partial charge in [-0.2, -0.15) is 5.10 Å². The van der Waals surface area contributed by atoms with Gasteiger partial charge in [-0.25, -0.2) is 0 Å². The number of ether oxygens (including phenoxy) is 1. The fourth-order valence-electron chi connectivity index (χ4n) is 2.45. The second kappa shape index (κ2) is 6.26. The molecule has 1 amide bonds. The van der Waals surface area contributed by atoms with Crippen LogP contribution in [-0.2, 0) is 27.4 Å². The number of nitrogens with one attached hydrogen (secondary N) is 1. The van der Waals surface area contributed by atoms with E-state index in [2.05, 4.69) is 10.4 Å². The number of methoxy groups -OCH3 is 1. The zero-order chi connectivity index (χ0) is 15.6. The number of carbonyl (C=O) groups excluding carboxylic acids is 1. The molecule has 1 heterocycles. The number of carbonyl (C=O) groups is 2. The van der Waals surface area contributed by atoms with Crippen LogP contribution in [0.15, 0.2) is 0 Å². The zero-order valence-corrected chi connectivity index (χ0v) is 12.5. The summed E-state index contributed by atoms with van der Waals surface area (Å²) in [7, 11) is 1.64. The van der Waals surface area contributed by atoms with Crippen molar-refractivity contribution in [1.29, 1.82) is 0 Å². The molecule has 0 saturated heterocycles. The summed E-state index contributed by atoms with van der Waals surface area (Å²) in [6.07, 6.45) is 0.437. The summed E-state index contributed by atoms with van der Waals surface area (Å²) in [4.78, 5) is 22.6. The predicted molar refractivity (Wildman–Crippen MR) is 74.7 cm³/mol. The van der Waals surface area contributed by atoms with Gasteiger partial charge in [-0.15, -0.1) is 0 Å². The van der Waals surface area contributed by atoms with E-state index in [9.17, 15) is 9.59 Å². The van der Waals surface area contributed by atoms with Gasteiger partial charge >= 0.3 is 5.97 Å². The maximum atomic E-state index is 11.9. The molecule has 1 aliphatic rings. The Hall–Kier alpha value is -1.89. The lowest BCUT2D eigenvalue weighted by Gasteiger charge is -2.06. The van der Waals surface area contributed by atoms with E-state index in [4.69, 9.17) is 9.84 Å². The second-order valence-electron chi connectivity index (χ2n) is 5.37. The van der Waals surface area contributed by atoms with Gasteiger partial charge in [-0.3, -0.25) is 14.3 Å². The normalized spacial score (nSPS) is 20.3. The fourth-order valence-corrected chi connectivity index (χ4v) is 2.45. The third kappa shape index (κ3) is 3.41. The number of carboxylic acids is 1. The van der Waals surface area contributed by atoms with Crippen molar-refractivity contribution in [2.24, 2.45) is 11.8 Å². The quantitative estimate of drug-likeness (QED) is 0.763. The first kappa shape index (κ1) is 15.5. The molecule has 1 aromatic heterocycles. The number of amides is 1. The van der Waals surface area contributed by atoms with Crippen LogP contribution in [-0.4, -0.2) is 40.5 Å². The molecular weight excluding hydrogens is 274 g/mol. The van der Waals surface area contributed by atoms with Crippen molar-refractivity contribution in [2.45, 2.75) is 33.4 Å². The summed E-state index contributed by atoms with van der Waals surface area (Å²) in [5, 5.41) is 16.1. The van der Waals surface area contributed by atoms with Gasteiger partial charge in [0.2, 0.25) is 5.91 Å². The van der Waals surface area contributed by atoms with E-state index in [-0.39, 0.29) is 11.8 Å². The Labute approximate surface area is 123 Å². The first-order chi connectivity index (χ1) is 9.95. The van der Waals surface area contributed by atoms with Crippen LogP contribution in [0.1, 0.15) is 23.4 Å². The SMILES string of the molecule is COCCn1nc(C)c(CNC(=O)C2CC2C(=O)O)c1C. The van der Waals surface area contributed by atoms with Crippen molar-refractivity contribution in [3.8, 4) is 0 Å². The molecule has 1 fully saturated rings. The minimum Gasteiger partial charge on any atom is -0.481 e. The number of aliphatic carboxylic acids is 1. The molecule has 1 saturated carbocycles. The number of aryl methyl sites for hydroxylation is 1. The van der Waals surface area contributed by atoms with Gasteiger partial charge in [0.05, 0.1) is 30.7 Å². The highest BCUT2D eigenvalue weighted by Crippen LogP contribution is 2.38. The Morgan fingerprint density at radius 3 is 2.71 bits per heavy atom. The third-order valence-electron chi connectivity index (χ3n) is 3.92. The van der Waals surface area contributed by atoms with E-state index in [0.29, 0.717) is 26.1 Å². The van der Waals surface area contributed by atoms with Crippen molar-refractivity contribution in [1.82, 2.24) is 15.1 Å². The van der Waals surface area contributed by atoms with Gasteiger partial charge in [0, 0.05) is 24.9 Å². The first-order valence-electron chi connectivity index (χ1n) is 6.98. The Bertz CT molecular complexity index is 553. The Morgan fingerprint density at radius 2 is 2.14 bits per heavy atom. The predicted octanol–water partition coefficient (Wildman–Crippen LogP) is 0.483. The van der Waals surface area contributed by atoms with E-state index in [1.807, 2.05) is 18.5 Å². The van der Waals surface area contributed by atoms with Crippen LogP contribution in [0.3, 0.4) is 0 Å². The van der Waals surface area contributed by atoms with Crippen molar-refractivity contribution in [3.05, 3.63) is 17.0 Å². The van der Waals surface area contributed by atoms with Gasteiger partial charge < -0.3 is 15.2 Å². The van der Waals surface area contributed by atoms with Crippen LogP contribution in [0.5, 0.6) is 0 Å². The van der Waals surface area contributed by atoms with E-state index in [1.165, 1.54) is 0 Å². The van der Waals surface area contributed by atoms with E-state index < -0.39 is 11.9 Å². The average molecular weight is 295 g/mol. The molecule has 0 bridgehead atoms. The molecule has 7 nitrogen and oxygen atoms in total. The molecule has 2 unspecified atom stereocenters. The van der Waals surface area contributed by atoms with Crippen LogP contribution < -0.4 is 5.32 Å². The Balaban J connectivity index is 1.93. The molecule has 7 heteroatoms. The van der Waals surface area contributed by atoms with Gasteiger partial charge in [-0.1, -0.05) is 0 Å². The van der Waals surface area contributed by atoms with Gasteiger partial charge in [0.1, 0.15) is 0 Å². The van der Waals surface area contributed by atoms with Crippen LogP contribution in [0, 0.1) is 25.7 Å². The maximum Gasteiger partial charge on any atom is 0.307 e. The molecule has 1 aromatic rings. The number of carboxylic acid groups (broad SMARTS) is 1. The molecule has 1 aliphatic carbocycles. The van der Waals surface area contributed by atoms with Crippen molar-refractivity contribution in [3.63, 3.8) is 0 Å². The second-order valence-corrected chi connectivity index (χ2v) is 5.37. The lowest BCUT2D eigenvalue weighted by Crippen LogP contribution is -2.26. The topological polar surface area (TPSA) is 93.5 Å². The minimum absolute atomic E-state index is 0.189. The highest BCUT2D eigenvalue weighted by Gasteiger charge is 2.48. The lowest BCUT2D eigenvalue weighted by molar-refractivity contribution is -0.140. The smallest absolute Gasteiger partial charge is 0.307 e. The van der Waals surface area contributed by atoms with E-state index in [0.717, 1.165) is 17.0 Å². The minimum atomic E-state index is -0.894. The highest BCUT2D eigenvalue weighted by atomic mass is 16.5.